The van der Waals surface area contributed by atoms with Crippen molar-refractivity contribution in [1.29, 1.82) is 0 Å². The Kier molecular flexibility index (Phi) is 4.99. The van der Waals surface area contributed by atoms with Crippen LogP contribution >= 0.6 is 0 Å². The number of benzene rings is 1. The van der Waals surface area contributed by atoms with Gasteiger partial charge in [0.15, 0.2) is 0 Å². The van der Waals surface area contributed by atoms with Crippen LogP contribution in [0.1, 0.15) is 43.9 Å². The fourth-order valence-corrected chi connectivity index (χ4v) is 3.05. The van der Waals surface area contributed by atoms with E-state index in [2.05, 4.69) is 19.2 Å². The van der Waals surface area contributed by atoms with Crippen LogP contribution in [0.15, 0.2) is 18.2 Å². The highest BCUT2D eigenvalue weighted by molar-refractivity contribution is 5.81. The summed E-state index contributed by atoms with van der Waals surface area (Å²) in [4.78, 5) is 14.0. The number of hydrogen-bond acceptors (Lipinski definition) is 2. The molecular formula is C17H25FN2O. The van der Waals surface area contributed by atoms with Crippen LogP contribution in [0, 0.1) is 11.7 Å². The van der Waals surface area contributed by atoms with Gasteiger partial charge >= 0.3 is 0 Å². The lowest BCUT2D eigenvalue weighted by molar-refractivity contribution is -0.131. The Bertz CT molecular complexity index is 514. The third-order valence-corrected chi connectivity index (χ3v) is 4.06. The monoisotopic (exact) mass is 292 g/mol. The molecule has 21 heavy (non-hydrogen) atoms. The third kappa shape index (κ3) is 3.62. The van der Waals surface area contributed by atoms with Crippen LogP contribution in [0.5, 0.6) is 0 Å². The molecule has 4 heteroatoms. The van der Waals surface area contributed by atoms with Gasteiger partial charge in [0, 0.05) is 20.1 Å². The highest BCUT2D eigenvalue weighted by atomic mass is 19.1. The van der Waals surface area contributed by atoms with Crippen molar-refractivity contribution in [2.75, 3.05) is 14.1 Å². The van der Waals surface area contributed by atoms with Gasteiger partial charge in [0.05, 0.1) is 6.04 Å². The first kappa shape index (κ1) is 16.0. The molecule has 0 fully saturated rings. The van der Waals surface area contributed by atoms with Crippen molar-refractivity contribution >= 4 is 5.91 Å². The van der Waals surface area contributed by atoms with E-state index in [1.165, 1.54) is 6.07 Å². The van der Waals surface area contributed by atoms with Crippen molar-refractivity contribution in [1.82, 2.24) is 10.2 Å². The largest absolute Gasteiger partial charge is 0.347 e. The Morgan fingerprint density at radius 1 is 1.43 bits per heavy atom. The summed E-state index contributed by atoms with van der Waals surface area (Å²) in [6.07, 6.45) is 2.38. The van der Waals surface area contributed by atoms with Gasteiger partial charge in [-0.25, -0.2) is 4.39 Å². The quantitative estimate of drug-likeness (QED) is 0.905. The number of carbonyl (C=O) groups excluding carboxylic acids is 1. The molecule has 116 valence electrons. The summed E-state index contributed by atoms with van der Waals surface area (Å²) in [7, 11) is 3.55. The second-order valence-corrected chi connectivity index (χ2v) is 6.48. The molecular weight excluding hydrogens is 267 g/mol. The maximum absolute atomic E-state index is 13.8. The zero-order chi connectivity index (χ0) is 15.6. The summed E-state index contributed by atoms with van der Waals surface area (Å²) >= 11 is 0. The lowest BCUT2D eigenvalue weighted by Crippen LogP contribution is -2.45. The van der Waals surface area contributed by atoms with Gasteiger partial charge in [0.2, 0.25) is 5.91 Å². The number of likely N-dealkylation sites (N-methyl/N-ethyl adjacent to an activating group) is 1. The van der Waals surface area contributed by atoms with Gasteiger partial charge in [-0.15, -0.1) is 0 Å². The Hall–Kier alpha value is -1.42. The van der Waals surface area contributed by atoms with Gasteiger partial charge in [-0.1, -0.05) is 26.0 Å². The maximum Gasteiger partial charge on any atom is 0.239 e. The van der Waals surface area contributed by atoms with Gasteiger partial charge in [-0.3, -0.25) is 10.1 Å². The minimum absolute atomic E-state index is 0.0725. The van der Waals surface area contributed by atoms with E-state index in [9.17, 15) is 9.18 Å². The second-order valence-electron chi connectivity index (χ2n) is 6.48. The van der Waals surface area contributed by atoms with Crippen molar-refractivity contribution in [3.8, 4) is 0 Å². The van der Waals surface area contributed by atoms with Crippen molar-refractivity contribution in [2.24, 2.45) is 5.92 Å². The van der Waals surface area contributed by atoms with Crippen LogP contribution in [-0.2, 0) is 11.2 Å². The second kappa shape index (κ2) is 6.56. The molecule has 1 aromatic rings. The Labute approximate surface area is 126 Å². The Morgan fingerprint density at radius 2 is 2.14 bits per heavy atom. The van der Waals surface area contributed by atoms with E-state index in [0.29, 0.717) is 5.92 Å². The Morgan fingerprint density at radius 3 is 2.76 bits per heavy atom. The van der Waals surface area contributed by atoms with Gasteiger partial charge in [0.1, 0.15) is 5.82 Å². The van der Waals surface area contributed by atoms with E-state index < -0.39 is 0 Å². The lowest BCUT2D eigenvalue weighted by Gasteiger charge is -2.26. The number of carbonyl (C=O) groups is 1. The molecule has 3 nitrogen and oxygen atoms in total. The molecule has 0 radical (unpaired) electrons. The van der Waals surface area contributed by atoms with Gasteiger partial charge < -0.3 is 4.90 Å². The van der Waals surface area contributed by atoms with E-state index in [4.69, 9.17) is 0 Å². The van der Waals surface area contributed by atoms with Crippen LogP contribution < -0.4 is 5.32 Å². The average Bonchev–Trinajstić information content (AvgIpc) is 2.81. The van der Waals surface area contributed by atoms with Crippen molar-refractivity contribution in [2.45, 2.75) is 45.2 Å². The number of hydrogen-bond donors (Lipinski definition) is 1. The molecule has 1 aromatic carbocycles. The fourth-order valence-electron chi connectivity index (χ4n) is 3.05. The van der Waals surface area contributed by atoms with Crippen LogP contribution in [0.25, 0.3) is 0 Å². The number of halogens is 1. The SMILES string of the molecule is CC(C)CC(NC1CCc2c(F)cccc21)C(=O)N(C)C. The predicted molar refractivity (Wildman–Crippen MR) is 82.5 cm³/mol. The number of amides is 1. The molecule has 0 aromatic heterocycles. The zero-order valence-corrected chi connectivity index (χ0v) is 13.3. The standard InChI is InChI=1S/C17H25FN2O/c1-11(2)10-16(17(21)20(3)4)19-15-9-8-12-13(15)6-5-7-14(12)18/h5-7,11,15-16,19H,8-10H2,1-4H3. The summed E-state index contributed by atoms with van der Waals surface area (Å²) in [6, 6.07) is 5.09. The van der Waals surface area contributed by atoms with E-state index in [0.717, 1.165) is 30.4 Å². The van der Waals surface area contributed by atoms with Crippen molar-refractivity contribution in [3.63, 3.8) is 0 Å². The van der Waals surface area contributed by atoms with E-state index in [1.807, 2.05) is 6.07 Å². The average molecular weight is 292 g/mol. The highest BCUT2D eigenvalue weighted by Gasteiger charge is 2.30. The van der Waals surface area contributed by atoms with Crippen LogP contribution in [-0.4, -0.2) is 30.9 Å². The van der Waals surface area contributed by atoms with Gasteiger partial charge in [-0.2, -0.15) is 0 Å². The summed E-state index contributed by atoms with van der Waals surface area (Å²) < 4.78 is 13.8. The minimum Gasteiger partial charge on any atom is -0.347 e. The van der Waals surface area contributed by atoms with Crippen LogP contribution in [0.3, 0.4) is 0 Å². The minimum atomic E-state index is -0.209. The smallest absolute Gasteiger partial charge is 0.239 e. The van der Waals surface area contributed by atoms with E-state index in [-0.39, 0.29) is 23.8 Å². The molecule has 2 unspecified atom stereocenters. The number of fused-ring (bicyclic) bond motifs is 1. The first-order valence-electron chi connectivity index (χ1n) is 7.64. The molecule has 1 N–H and O–H groups in total. The zero-order valence-electron chi connectivity index (χ0n) is 13.3. The van der Waals surface area contributed by atoms with Crippen molar-refractivity contribution in [3.05, 3.63) is 35.1 Å². The molecule has 0 spiro atoms. The first-order valence-corrected chi connectivity index (χ1v) is 7.64. The Balaban J connectivity index is 2.16. The fraction of sp³-hybridized carbons (Fsp3) is 0.588. The van der Waals surface area contributed by atoms with E-state index >= 15 is 0 Å². The number of rotatable bonds is 5. The molecule has 0 saturated heterocycles. The van der Waals surface area contributed by atoms with Gasteiger partial charge in [-0.05, 0) is 42.4 Å². The normalized spacial score (nSPS) is 18.7. The van der Waals surface area contributed by atoms with Crippen molar-refractivity contribution < 1.29 is 9.18 Å². The molecule has 0 heterocycles. The molecule has 0 saturated carbocycles. The van der Waals surface area contributed by atoms with Crippen LogP contribution in [0.4, 0.5) is 4.39 Å². The topological polar surface area (TPSA) is 32.3 Å². The molecule has 0 bridgehead atoms. The molecule has 1 aliphatic carbocycles. The lowest BCUT2D eigenvalue weighted by atomic mass is 10.00. The third-order valence-electron chi connectivity index (χ3n) is 4.06. The summed E-state index contributed by atoms with van der Waals surface area (Å²) in [6.45, 7) is 4.22. The van der Waals surface area contributed by atoms with Crippen LogP contribution in [0.2, 0.25) is 0 Å². The molecule has 1 amide bonds. The molecule has 2 rings (SSSR count). The van der Waals surface area contributed by atoms with E-state index in [1.54, 1.807) is 25.1 Å². The predicted octanol–water partition coefficient (Wildman–Crippen LogP) is 2.91. The number of nitrogens with zero attached hydrogens (tertiary/aromatic N) is 1. The molecule has 0 aliphatic heterocycles. The summed E-state index contributed by atoms with van der Waals surface area (Å²) in [5.41, 5.74) is 1.81. The maximum atomic E-state index is 13.8. The summed E-state index contributed by atoms with van der Waals surface area (Å²) in [5.74, 6) is 0.393. The highest BCUT2D eigenvalue weighted by Crippen LogP contribution is 2.33. The first-order chi connectivity index (χ1) is 9.90. The molecule has 1 aliphatic rings. The molecule has 2 atom stereocenters. The summed E-state index contributed by atoms with van der Waals surface area (Å²) in [5, 5.41) is 3.45. The number of nitrogens with one attached hydrogen (secondary N) is 1. The van der Waals surface area contributed by atoms with Gasteiger partial charge in [0.25, 0.3) is 0 Å².